The van der Waals surface area contributed by atoms with Gasteiger partial charge >= 0.3 is 0 Å². The van der Waals surface area contributed by atoms with E-state index in [1.54, 1.807) is 57.7 Å². The predicted octanol–water partition coefficient (Wildman–Crippen LogP) is 6.34. The van der Waals surface area contributed by atoms with Crippen LogP contribution in [0.15, 0.2) is 53.4 Å². The third-order valence-electron chi connectivity index (χ3n) is 8.41. The van der Waals surface area contributed by atoms with Crippen LogP contribution in [-0.4, -0.2) is 72.0 Å². The highest BCUT2D eigenvalue weighted by molar-refractivity contribution is 7.91. The number of imide groups is 1. The van der Waals surface area contributed by atoms with Crippen molar-refractivity contribution in [2.45, 2.75) is 63.1 Å². The highest BCUT2D eigenvalue weighted by atomic mass is 32.2. The van der Waals surface area contributed by atoms with Crippen molar-refractivity contribution in [2.24, 2.45) is 0 Å². The average molecular weight is 682 g/mol. The number of hydrogen-bond acceptors (Lipinski definition) is 10. The van der Waals surface area contributed by atoms with Gasteiger partial charge < -0.3 is 28.4 Å². The van der Waals surface area contributed by atoms with E-state index in [9.17, 15) is 18.0 Å². The summed E-state index contributed by atoms with van der Waals surface area (Å²) in [4.78, 5) is 26.9. The second kappa shape index (κ2) is 15.3. The molecule has 1 fully saturated rings. The van der Waals surface area contributed by atoms with Crippen molar-refractivity contribution in [1.29, 1.82) is 0 Å². The molecule has 5 rings (SSSR count). The molecule has 0 aliphatic carbocycles. The minimum absolute atomic E-state index is 0.0578. The molecule has 1 saturated heterocycles. The summed E-state index contributed by atoms with van der Waals surface area (Å²) >= 11 is 0. The SMILES string of the molecule is CCCOc1c(OCCCN2C(=O)c3ccccc3C2=O)cc(C2CCC(c3cc(OC)c(OC)c(OC)c3)O2)cc1S(=O)(=O)CCC. The number of rotatable bonds is 16. The number of ether oxygens (including phenoxy) is 6. The molecule has 48 heavy (non-hydrogen) atoms. The van der Waals surface area contributed by atoms with Gasteiger partial charge in [0.2, 0.25) is 5.75 Å². The van der Waals surface area contributed by atoms with Crippen LogP contribution in [0, 0.1) is 0 Å². The Balaban J connectivity index is 1.41. The molecule has 2 unspecified atom stereocenters. The van der Waals surface area contributed by atoms with Crippen LogP contribution in [0.2, 0.25) is 0 Å². The fraction of sp³-hybridized carbons (Fsp3) is 0.444. The number of fused-ring (bicyclic) bond motifs is 1. The van der Waals surface area contributed by atoms with Gasteiger partial charge in [-0.1, -0.05) is 26.0 Å². The van der Waals surface area contributed by atoms with Crippen LogP contribution in [0.25, 0.3) is 0 Å². The summed E-state index contributed by atoms with van der Waals surface area (Å²) in [5.41, 5.74) is 2.27. The van der Waals surface area contributed by atoms with E-state index in [-0.39, 0.29) is 53.2 Å². The quantitative estimate of drug-likeness (QED) is 0.125. The summed E-state index contributed by atoms with van der Waals surface area (Å²) in [5, 5.41) is 0. The van der Waals surface area contributed by atoms with Crippen LogP contribution < -0.4 is 23.7 Å². The van der Waals surface area contributed by atoms with Crippen molar-refractivity contribution >= 4 is 21.7 Å². The van der Waals surface area contributed by atoms with Gasteiger partial charge in [0.15, 0.2) is 32.8 Å². The molecule has 0 N–H and O–H groups in total. The highest BCUT2D eigenvalue weighted by Crippen LogP contribution is 2.48. The smallest absolute Gasteiger partial charge is 0.261 e. The number of hydrogen-bond donors (Lipinski definition) is 0. The summed E-state index contributed by atoms with van der Waals surface area (Å²) in [7, 11) is 0.928. The summed E-state index contributed by atoms with van der Waals surface area (Å²) in [6, 6.07) is 13.9. The van der Waals surface area contributed by atoms with E-state index in [2.05, 4.69) is 0 Å². The monoisotopic (exact) mass is 681 g/mol. The molecule has 0 bridgehead atoms. The maximum Gasteiger partial charge on any atom is 0.261 e. The molecule has 258 valence electrons. The van der Waals surface area contributed by atoms with E-state index < -0.39 is 15.9 Å². The van der Waals surface area contributed by atoms with Crippen LogP contribution in [0.5, 0.6) is 28.7 Å². The Morgan fingerprint density at radius 3 is 1.88 bits per heavy atom. The maximum absolute atomic E-state index is 13.6. The predicted molar refractivity (Wildman–Crippen MR) is 178 cm³/mol. The van der Waals surface area contributed by atoms with Gasteiger partial charge in [-0.2, -0.15) is 0 Å². The lowest BCUT2D eigenvalue weighted by Gasteiger charge is -2.21. The van der Waals surface area contributed by atoms with Crippen molar-refractivity contribution in [3.63, 3.8) is 0 Å². The Bertz CT molecular complexity index is 1700. The first kappa shape index (κ1) is 35.0. The first-order valence-electron chi connectivity index (χ1n) is 16.2. The molecule has 11 nitrogen and oxygen atoms in total. The van der Waals surface area contributed by atoms with E-state index in [0.29, 0.717) is 72.6 Å². The molecule has 2 aliphatic heterocycles. The van der Waals surface area contributed by atoms with E-state index in [1.165, 1.54) is 4.90 Å². The van der Waals surface area contributed by atoms with Crippen LogP contribution in [-0.2, 0) is 14.6 Å². The normalized spacial score (nSPS) is 17.4. The fourth-order valence-electron chi connectivity index (χ4n) is 6.11. The molecule has 2 heterocycles. The van der Waals surface area contributed by atoms with Crippen molar-refractivity contribution in [3.8, 4) is 28.7 Å². The average Bonchev–Trinajstić information content (AvgIpc) is 3.68. The molecule has 3 aromatic carbocycles. The summed E-state index contributed by atoms with van der Waals surface area (Å²) < 4.78 is 62.5. The number of amides is 2. The van der Waals surface area contributed by atoms with Crippen LogP contribution in [0.3, 0.4) is 0 Å². The topological polar surface area (TPSA) is 127 Å². The number of methoxy groups -OCH3 is 3. The van der Waals surface area contributed by atoms with Gasteiger partial charge in [0.25, 0.3) is 11.8 Å². The van der Waals surface area contributed by atoms with Gasteiger partial charge in [0.1, 0.15) is 4.90 Å². The number of benzene rings is 3. The standard InChI is InChI=1S/C36H43NO10S/c1-6-16-46-34-31(45-17-10-15-37-35(38)25-11-8-9-12-26(25)36(37)39)21-24(22-32(34)48(40,41)18-7-2)28-14-13-27(47-28)23-19-29(42-3)33(44-5)30(20-23)43-4/h8-9,11-12,19-22,27-28H,6-7,10,13-18H2,1-5H3. The lowest BCUT2D eigenvalue weighted by Crippen LogP contribution is -2.31. The van der Waals surface area contributed by atoms with Gasteiger partial charge in [-0.05, 0) is 79.6 Å². The third-order valence-corrected chi connectivity index (χ3v) is 10.3. The molecular weight excluding hydrogens is 638 g/mol. The van der Waals surface area contributed by atoms with E-state index in [1.807, 2.05) is 26.0 Å². The first-order chi connectivity index (χ1) is 23.2. The van der Waals surface area contributed by atoms with Crippen LogP contribution in [0.4, 0.5) is 0 Å². The second-order valence-electron chi connectivity index (χ2n) is 11.7. The second-order valence-corrected chi connectivity index (χ2v) is 13.8. The lowest BCUT2D eigenvalue weighted by molar-refractivity contribution is 0.0434. The van der Waals surface area contributed by atoms with Gasteiger partial charge in [-0.25, -0.2) is 8.42 Å². The maximum atomic E-state index is 13.6. The van der Waals surface area contributed by atoms with Crippen LogP contribution >= 0.6 is 0 Å². The molecule has 0 aromatic heterocycles. The molecule has 2 aliphatic rings. The van der Waals surface area contributed by atoms with E-state index in [4.69, 9.17) is 28.4 Å². The zero-order valence-electron chi connectivity index (χ0n) is 28.1. The number of nitrogens with zero attached hydrogens (tertiary/aromatic N) is 1. The minimum Gasteiger partial charge on any atom is -0.493 e. The summed E-state index contributed by atoms with van der Waals surface area (Å²) in [5.74, 6) is 1.22. The van der Waals surface area contributed by atoms with Crippen molar-refractivity contribution in [2.75, 3.05) is 46.8 Å². The highest BCUT2D eigenvalue weighted by Gasteiger charge is 2.35. The molecule has 2 atom stereocenters. The third kappa shape index (κ3) is 7.09. The summed E-state index contributed by atoms with van der Waals surface area (Å²) in [6.45, 7) is 4.31. The zero-order chi connectivity index (χ0) is 34.4. The molecule has 0 saturated carbocycles. The molecule has 2 amide bonds. The van der Waals surface area contributed by atoms with Gasteiger partial charge in [0, 0.05) is 6.54 Å². The molecule has 3 aromatic rings. The fourth-order valence-corrected chi connectivity index (χ4v) is 7.62. The Labute approximate surface area is 281 Å². The summed E-state index contributed by atoms with van der Waals surface area (Å²) in [6.07, 6.45) is 2.00. The molecular formula is C36H43NO10S. The molecule has 12 heteroatoms. The van der Waals surface area contributed by atoms with Gasteiger partial charge in [-0.15, -0.1) is 0 Å². The Kier molecular flexibility index (Phi) is 11.2. The number of sulfone groups is 1. The van der Waals surface area contributed by atoms with E-state index >= 15 is 0 Å². The molecule has 0 spiro atoms. The Hall–Kier alpha value is -4.29. The minimum atomic E-state index is -3.73. The number of carbonyl (C=O) groups excluding carboxylic acids is 2. The van der Waals surface area contributed by atoms with Gasteiger partial charge in [0.05, 0.1) is 63.6 Å². The van der Waals surface area contributed by atoms with Crippen molar-refractivity contribution in [3.05, 3.63) is 70.8 Å². The molecule has 0 radical (unpaired) electrons. The number of carbonyl (C=O) groups is 2. The van der Waals surface area contributed by atoms with Crippen molar-refractivity contribution < 1.29 is 46.4 Å². The Morgan fingerprint density at radius 1 is 0.750 bits per heavy atom. The lowest BCUT2D eigenvalue weighted by atomic mass is 10.0. The first-order valence-corrected chi connectivity index (χ1v) is 17.9. The van der Waals surface area contributed by atoms with Crippen molar-refractivity contribution in [1.82, 2.24) is 4.90 Å². The van der Waals surface area contributed by atoms with Crippen LogP contribution in [0.1, 0.15) is 90.0 Å². The zero-order valence-corrected chi connectivity index (χ0v) is 28.9. The largest absolute Gasteiger partial charge is 0.493 e. The van der Waals surface area contributed by atoms with Gasteiger partial charge in [-0.3, -0.25) is 14.5 Å². The van der Waals surface area contributed by atoms with E-state index in [0.717, 1.165) is 5.56 Å². The Morgan fingerprint density at radius 2 is 1.33 bits per heavy atom.